The third-order valence-corrected chi connectivity index (χ3v) is 5.08. The summed E-state index contributed by atoms with van der Waals surface area (Å²) in [7, 11) is 1.42. The Hall–Kier alpha value is -5.18. The molecule has 4 N–H and O–H groups in total. The number of phenolic OH excluding ortho intramolecular Hbond substituents is 3. The molecule has 0 atom stereocenters. The second kappa shape index (κ2) is 12.5. The van der Waals surface area contributed by atoms with E-state index < -0.39 is 5.91 Å². The number of carbonyl (C=O) groups is 3. The van der Waals surface area contributed by atoms with Crippen LogP contribution in [0, 0.1) is 0 Å². The first-order chi connectivity index (χ1) is 17.8. The molecule has 9 nitrogen and oxygen atoms in total. The average Bonchev–Trinajstić information content (AvgIpc) is 2.90. The number of hydrogen-bond acceptors (Lipinski definition) is 8. The summed E-state index contributed by atoms with van der Waals surface area (Å²) in [4.78, 5) is 36.1. The highest BCUT2D eigenvalue weighted by Crippen LogP contribution is 2.26. The summed E-state index contributed by atoms with van der Waals surface area (Å²) in [6, 6.07) is 14.7. The Morgan fingerprint density at radius 2 is 1.62 bits per heavy atom. The number of nitrogens with zero attached hydrogens (tertiary/aromatic N) is 1. The summed E-state index contributed by atoms with van der Waals surface area (Å²) in [5.41, 5.74) is 4.05. The number of benzene rings is 3. The minimum absolute atomic E-state index is 0.0285. The maximum absolute atomic E-state index is 12.6. The van der Waals surface area contributed by atoms with Gasteiger partial charge < -0.3 is 20.1 Å². The van der Waals surface area contributed by atoms with Crippen LogP contribution in [0.3, 0.4) is 0 Å². The van der Waals surface area contributed by atoms with Crippen LogP contribution in [0.15, 0.2) is 77.9 Å². The second-order valence-electron chi connectivity index (χ2n) is 7.77. The Morgan fingerprint density at radius 3 is 2.32 bits per heavy atom. The van der Waals surface area contributed by atoms with Crippen LogP contribution in [0.2, 0.25) is 0 Å². The van der Waals surface area contributed by atoms with Crippen molar-refractivity contribution in [1.82, 2.24) is 5.43 Å². The van der Waals surface area contributed by atoms with E-state index in [0.717, 1.165) is 0 Å². The highest BCUT2D eigenvalue weighted by molar-refractivity contribution is 6.13. The molecule has 9 heteroatoms. The molecule has 37 heavy (non-hydrogen) atoms. The summed E-state index contributed by atoms with van der Waals surface area (Å²) in [5.74, 6) is -0.933. The van der Waals surface area contributed by atoms with Crippen molar-refractivity contribution in [3.8, 4) is 23.0 Å². The summed E-state index contributed by atoms with van der Waals surface area (Å²) >= 11 is 0. The first kappa shape index (κ1) is 26.4. The number of phenols is 3. The van der Waals surface area contributed by atoms with Gasteiger partial charge in [0, 0.05) is 5.56 Å². The van der Waals surface area contributed by atoms with Crippen LogP contribution >= 0.6 is 0 Å². The molecule has 0 unspecified atom stereocenters. The van der Waals surface area contributed by atoms with Crippen molar-refractivity contribution in [2.24, 2.45) is 5.10 Å². The van der Waals surface area contributed by atoms with Gasteiger partial charge in [-0.1, -0.05) is 30.4 Å². The number of ketones is 1. The number of hydrogen-bond donors (Lipinski definition) is 4. The lowest BCUT2D eigenvalue weighted by atomic mass is 10.1. The molecule has 3 aromatic rings. The zero-order chi connectivity index (χ0) is 26.8. The summed E-state index contributed by atoms with van der Waals surface area (Å²) < 4.78 is 5.10. The largest absolute Gasteiger partial charge is 0.508 e. The Morgan fingerprint density at radius 1 is 0.919 bits per heavy atom. The Bertz CT molecular complexity index is 1410. The van der Waals surface area contributed by atoms with Crippen molar-refractivity contribution in [2.45, 2.75) is 6.42 Å². The van der Waals surface area contributed by atoms with Gasteiger partial charge >= 0.3 is 0 Å². The topological polar surface area (TPSA) is 146 Å². The van der Waals surface area contributed by atoms with Gasteiger partial charge in [0.15, 0.2) is 23.6 Å². The van der Waals surface area contributed by atoms with Crippen LogP contribution in [-0.2, 0) is 4.79 Å². The molecule has 0 saturated carbocycles. The fourth-order valence-electron chi connectivity index (χ4n) is 3.16. The molecule has 0 aromatic heterocycles. The molecular weight excluding hydrogens is 476 g/mol. The molecule has 0 aliphatic carbocycles. The molecule has 0 aliphatic rings. The van der Waals surface area contributed by atoms with E-state index in [1.54, 1.807) is 24.3 Å². The van der Waals surface area contributed by atoms with Gasteiger partial charge in [0.05, 0.1) is 24.8 Å². The summed E-state index contributed by atoms with van der Waals surface area (Å²) in [5, 5.41) is 33.1. The summed E-state index contributed by atoms with van der Waals surface area (Å²) in [6.45, 7) is 0. The van der Waals surface area contributed by atoms with Crippen molar-refractivity contribution < 1.29 is 34.4 Å². The molecule has 1 amide bonds. The van der Waals surface area contributed by atoms with Gasteiger partial charge in [0.25, 0.3) is 5.91 Å². The van der Waals surface area contributed by atoms with E-state index in [2.05, 4.69) is 10.5 Å². The van der Waals surface area contributed by atoms with Crippen molar-refractivity contribution in [1.29, 1.82) is 0 Å². The van der Waals surface area contributed by atoms with Crippen LogP contribution in [0.1, 0.15) is 38.3 Å². The minimum atomic E-state index is -0.582. The fourth-order valence-corrected chi connectivity index (χ4v) is 3.16. The number of methoxy groups -OCH3 is 1. The molecule has 0 spiro atoms. The Balaban J connectivity index is 1.81. The lowest BCUT2D eigenvalue weighted by molar-refractivity contribution is -0.113. The molecule has 0 heterocycles. The molecule has 0 fully saturated rings. The highest BCUT2D eigenvalue weighted by atomic mass is 16.5. The number of amides is 1. The molecular formula is C28H24N2O7. The predicted octanol–water partition coefficient (Wildman–Crippen LogP) is 4.10. The molecule has 0 saturated heterocycles. The van der Waals surface area contributed by atoms with Crippen molar-refractivity contribution >= 4 is 35.8 Å². The van der Waals surface area contributed by atoms with Gasteiger partial charge in [-0.15, -0.1) is 0 Å². The number of ether oxygens (including phenoxy) is 1. The van der Waals surface area contributed by atoms with Crippen LogP contribution in [0.5, 0.6) is 23.0 Å². The average molecular weight is 501 g/mol. The van der Waals surface area contributed by atoms with E-state index in [9.17, 15) is 29.7 Å². The standard InChI is InChI=1S/C28H24N2O7/c1-37-27-14-19(8-12-26(27)35)5-9-22(29-30-28(36)20-3-2-4-23(32)15-20)16-24(33)10-6-18-7-11-25(34)21(13-18)17-31/h2-15,17,32,34-35H,16H2,1H3,(H,30,36)/b9-5+,10-6+,29-22+. The molecule has 0 radical (unpaired) electrons. The fraction of sp³-hybridized carbons (Fsp3) is 0.0714. The molecule has 3 aromatic carbocycles. The summed E-state index contributed by atoms with van der Waals surface area (Å²) in [6.07, 6.45) is 6.29. The molecule has 188 valence electrons. The van der Waals surface area contributed by atoms with Crippen LogP contribution in [0.25, 0.3) is 12.2 Å². The first-order valence-electron chi connectivity index (χ1n) is 11.0. The lowest BCUT2D eigenvalue weighted by Gasteiger charge is -2.05. The zero-order valence-electron chi connectivity index (χ0n) is 19.8. The van der Waals surface area contributed by atoms with Gasteiger partial charge in [0.2, 0.25) is 0 Å². The third-order valence-electron chi connectivity index (χ3n) is 5.08. The van der Waals surface area contributed by atoms with Gasteiger partial charge in [-0.3, -0.25) is 14.4 Å². The molecule has 0 aliphatic heterocycles. The van der Waals surface area contributed by atoms with E-state index in [4.69, 9.17) is 4.74 Å². The predicted molar refractivity (Wildman–Crippen MR) is 139 cm³/mol. The van der Waals surface area contributed by atoms with E-state index in [0.29, 0.717) is 17.4 Å². The quantitative estimate of drug-likeness (QED) is 0.142. The maximum Gasteiger partial charge on any atom is 0.271 e. The van der Waals surface area contributed by atoms with Gasteiger partial charge in [-0.2, -0.15) is 5.10 Å². The Labute approximate surface area is 212 Å². The van der Waals surface area contributed by atoms with E-state index in [1.165, 1.54) is 67.8 Å². The number of aldehydes is 1. The van der Waals surface area contributed by atoms with Crippen LogP contribution in [0.4, 0.5) is 0 Å². The molecule has 0 bridgehead atoms. The molecule has 3 rings (SSSR count). The Kier molecular flexibility index (Phi) is 8.93. The number of aromatic hydroxyl groups is 3. The van der Waals surface area contributed by atoms with Gasteiger partial charge in [0.1, 0.15) is 11.5 Å². The van der Waals surface area contributed by atoms with E-state index in [-0.39, 0.29) is 52.0 Å². The number of rotatable bonds is 10. The number of hydrazone groups is 1. The van der Waals surface area contributed by atoms with Crippen molar-refractivity contribution in [3.63, 3.8) is 0 Å². The monoisotopic (exact) mass is 500 g/mol. The maximum atomic E-state index is 12.6. The van der Waals surface area contributed by atoms with Crippen LogP contribution < -0.4 is 10.2 Å². The normalized spacial score (nSPS) is 11.5. The van der Waals surface area contributed by atoms with Crippen molar-refractivity contribution in [3.05, 3.63) is 95.1 Å². The number of allylic oxidation sites excluding steroid dienone is 2. The zero-order valence-corrected chi connectivity index (χ0v) is 19.8. The third kappa shape index (κ3) is 7.66. The van der Waals surface area contributed by atoms with Gasteiger partial charge in [-0.05, 0) is 65.7 Å². The first-order valence-corrected chi connectivity index (χ1v) is 11.0. The minimum Gasteiger partial charge on any atom is -0.508 e. The van der Waals surface area contributed by atoms with E-state index in [1.807, 2.05) is 0 Å². The highest BCUT2D eigenvalue weighted by Gasteiger charge is 2.08. The van der Waals surface area contributed by atoms with E-state index >= 15 is 0 Å². The van der Waals surface area contributed by atoms with Crippen molar-refractivity contribution in [2.75, 3.05) is 7.11 Å². The lowest BCUT2D eigenvalue weighted by Crippen LogP contribution is -2.20. The SMILES string of the molecule is COc1cc(/C=C/C(CC(=O)/C=C/c2ccc(O)c(C=O)c2)=N\NC(=O)c2cccc(O)c2)ccc1O. The second-order valence-corrected chi connectivity index (χ2v) is 7.77. The smallest absolute Gasteiger partial charge is 0.271 e. The van der Waals surface area contributed by atoms with Gasteiger partial charge in [-0.25, -0.2) is 5.43 Å². The number of nitrogens with one attached hydrogen (secondary N) is 1. The van der Waals surface area contributed by atoms with Crippen LogP contribution in [-0.4, -0.2) is 46.1 Å². The number of carbonyl (C=O) groups excluding carboxylic acids is 3.